The van der Waals surface area contributed by atoms with Gasteiger partial charge in [0, 0.05) is 24.5 Å². The number of nitrogens with zero attached hydrogens (tertiary/aromatic N) is 2. The number of aromatic amines is 1. The number of amides is 1. The van der Waals surface area contributed by atoms with Crippen molar-refractivity contribution in [3.63, 3.8) is 0 Å². The zero-order valence-corrected chi connectivity index (χ0v) is 13.9. The van der Waals surface area contributed by atoms with Gasteiger partial charge in [0.1, 0.15) is 0 Å². The van der Waals surface area contributed by atoms with Crippen molar-refractivity contribution in [2.45, 2.75) is 12.6 Å². The highest BCUT2D eigenvalue weighted by Crippen LogP contribution is 2.43. The minimum absolute atomic E-state index is 0.0387. The van der Waals surface area contributed by atoms with Crippen molar-refractivity contribution in [1.82, 2.24) is 9.55 Å². The molecule has 1 amide bonds. The number of nitrogens with one attached hydrogen (secondary N) is 1. The van der Waals surface area contributed by atoms with E-state index in [9.17, 15) is 14.4 Å². The molecular weight excluding hydrogens is 330 g/mol. The van der Waals surface area contributed by atoms with Crippen LogP contribution in [0.4, 0.5) is 5.69 Å². The van der Waals surface area contributed by atoms with Crippen LogP contribution in [0.3, 0.4) is 0 Å². The van der Waals surface area contributed by atoms with Crippen molar-refractivity contribution in [1.29, 1.82) is 0 Å². The number of hydrogen-bond donors (Lipinski definition) is 1. The lowest BCUT2D eigenvalue weighted by molar-refractivity contribution is -0.131. The summed E-state index contributed by atoms with van der Waals surface area (Å²) in [6.45, 7) is 0.220. The first-order chi connectivity index (χ1) is 12.6. The quantitative estimate of drug-likeness (QED) is 0.733. The predicted octanol–water partition coefficient (Wildman–Crippen LogP) is 1.94. The number of benzene rings is 2. The second kappa shape index (κ2) is 6.48. The van der Waals surface area contributed by atoms with Crippen LogP contribution < -0.4 is 16.1 Å². The van der Waals surface area contributed by atoms with Gasteiger partial charge in [0.25, 0.3) is 5.56 Å². The maximum absolute atomic E-state index is 12.9. The number of para-hydroxylation sites is 1. The Kier molecular flexibility index (Phi) is 4.01. The van der Waals surface area contributed by atoms with Crippen LogP contribution in [0.2, 0.25) is 0 Å². The van der Waals surface area contributed by atoms with E-state index in [1.165, 1.54) is 16.8 Å². The maximum Gasteiger partial charge on any atom is 0.328 e. The van der Waals surface area contributed by atoms with E-state index in [1.54, 1.807) is 4.90 Å². The van der Waals surface area contributed by atoms with Crippen molar-refractivity contribution < 1.29 is 4.79 Å². The molecule has 2 aromatic carbocycles. The summed E-state index contributed by atoms with van der Waals surface area (Å²) in [6, 6.07) is 20.4. The molecule has 1 aliphatic rings. The molecule has 0 radical (unpaired) electrons. The van der Waals surface area contributed by atoms with Gasteiger partial charge in [-0.2, -0.15) is 0 Å². The molecule has 1 aliphatic heterocycles. The van der Waals surface area contributed by atoms with E-state index in [-0.39, 0.29) is 24.4 Å². The standard InChI is InChI=1S/C20H17N3O3/c24-17-11-12-22(20(26)21-17)13-16-18(14-7-3-1-4-8-14)23(19(16)25)15-9-5-2-6-10-15/h1-12,16,18H,13H2,(H,21,24,26)/t16-,18-/m0/s1. The smallest absolute Gasteiger partial charge is 0.304 e. The third-order valence-corrected chi connectivity index (χ3v) is 4.68. The van der Waals surface area contributed by atoms with Crippen LogP contribution in [0.15, 0.2) is 82.5 Å². The third kappa shape index (κ3) is 2.75. The number of rotatable bonds is 4. The highest BCUT2D eigenvalue weighted by Gasteiger charge is 2.48. The largest absolute Gasteiger partial charge is 0.328 e. The van der Waals surface area contributed by atoms with Gasteiger partial charge in [0.05, 0.1) is 12.0 Å². The number of anilines is 1. The molecule has 1 aromatic heterocycles. The third-order valence-electron chi connectivity index (χ3n) is 4.68. The Labute approximate surface area is 149 Å². The highest BCUT2D eigenvalue weighted by molar-refractivity contribution is 6.03. The zero-order chi connectivity index (χ0) is 18.1. The minimum atomic E-state index is -0.504. The molecule has 0 saturated carbocycles. The van der Waals surface area contributed by atoms with E-state index in [2.05, 4.69) is 4.98 Å². The summed E-state index contributed by atoms with van der Waals surface area (Å²) in [7, 11) is 0. The SMILES string of the molecule is O=C1[C@@H](Cn2ccc(=O)[nH]c2=O)[C@H](c2ccccc2)N1c1ccccc1. The van der Waals surface area contributed by atoms with Gasteiger partial charge in [-0.15, -0.1) is 0 Å². The summed E-state index contributed by atoms with van der Waals surface area (Å²) in [6.07, 6.45) is 1.43. The number of β-lactam (4-membered cyclic amide) rings is 1. The van der Waals surface area contributed by atoms with Crippen LogP contribution in [-0.4, -0.2) is 15.5 Å². The number of aromatic nitrogens is 2. The van der Waals surface area contributed by atoms with Crippen LogP contribution in [0.5, 0.6) is 0 Å². The number of hydrogen-bond acceptors (Lipinski definition) is 3. The maximum atomic E-state index is 12.9. The first kappa shape index (κ1) is 16.1. The van der Waals surface area contributed by atoms with E-state index in [0.29, 0.717) is 0 Å². The Balaban J connectivity index is 1.71. The first-order valence-electron chi connectivity index (χ1n) is 8.38. The zero-order valence-electron chi connectivity index (χ0n) is 13.9. The fraction of sp³-hybridized carbons (Fsp3) is 0.150. The Morgan fingerprint density at radius 3 is 2.15 bits per heavy atom. The van der Waals surface area contributed by atoms with Crippen LogP contribution in [-0.2, 0) is 11.3 Å². The van der Waals surface area contributed by atoms with E-state index in [1.807, 2.05) is 60.7 Å². The lowest BCUT2D eigenvalue weighted by Gasteiger charge is -2.47. The van der Waals surface area contributed by atoms with Gasteiger partial charge in [-0.3, -0.25) is 19.1 Å². The summed E-state index contributed by atoms with van der Waals surface area (Å²) in [5.41, 5.74) is 0.891. The first-order valence-corrected chi connectivity index (χ1v) is 8.38. The van der Waals surface area contributed by atoms with Crippen molar-refractivity contribution in [3.05, 3.63) is 99.3 Å². The summed E-state index contributed by atoms with van der Waals surface area (Å²) >= 11 is 0. The van der Waals surface area contributed by atoms with E-state index in [4.69, 9.17) is 0 Å². The Morgan fingerprint density at radius 2 is 1.50 bits per heavy atom. The molecule has 4 rings (SSSR count). The molecule has 0 aliphatic carbocycles. The van der Waals surface area contributed by atoms with Crippen molar-refractivity contribution >= 4 is 11.6 Å². The molecule has 0 spiro atoms. The second-order valence-electron chi connectivity index (χ2n) is 6.27. The number of H-pyrrole nitrogens is 1. The van der Waals surface area contributed by atoms with Crippen LogP contribution in [0, 0.1) is 5.92 Å². The molecule has 6 nitrogen and oxygen atoms in total. The lowest BCUT2D eigenvalue weighted by Crippen LogP contribution is -2.57. The molecule has 0 unspecified atom stereocenters. The Bertz CT molecular complexity index is 1040. The van der Waals surface area contributed by atoms with E-state index in [0.717, 1.165) is 11.3 Å². The highest BCUT2D eigenvalue weighted by atomic mass is 16.2. The molecule has 130 valence electrons. The lowest BCUT2D eigenvalue weighted by atomic mass is 9.81. The average Bonchev–Trinajstić information content (AvgIpc) is 2.66. The summed E-state index contributed by atoms with van der Waals surface area (Å²) in [5.74, 6) is -0.413. The summed E-state index contributed by atoms with van der Waals surface area (Å²) in [4.78, 5) is 40.1. The topological polar surface area (TPSA) is 75.2 Å². The summed E-state index contributed by atoms with van der Waals surface area (Å²) < 4.78 is 1.38. The average molecular weight is 347 g/mol. The van der Waals surface area contributed by atoms with Gasteiger partial charge in [-0.05, 0) is 17.7 Å². The fourth-order valence-electron chi connectivity index (χ4n) is 3.43. The Morgan fingerprint density at radius 1 is 0.846 bits per heavy atom. The number of carbonyl (C=O) groups is 1. The molecule has 1 fully saturated rings. The van der Waals surface area contributed by atoms with Crippen molar-refractivity contribution in [3.8, 4) is 0 Å². The van der Waals surface area contributed by atoms with Gasteiger partial charge < -0.3 is 4.90 Å². The molecule has 3 aromatic rings. The monoisotopic (exact) mass is 347 g/mol. The fourth-order valence-corrected chi connectivity index (χ4v) is 3.43. The van der Waals surface area contributed by atoms with Crippen LogP contribution in [0.1, 0.15) is 11.6 Å². The molecular formula is C20H17N3O3. The second-order valence-corrected chi connectivity index (χ2v) is 6.27. The van der Waals surface area contributed by atoms with Crippen LogP contribution >= 0.6 is 0 Å². The normalized spacial score (nSPS) is 19.2. The van der Waals surface area contributed by atoms with Crippen molar-refractivity contribution in [2.75, 3.05) is 4.90 Å². The molecule has 1 N–H and O–H groups in total. The Hall–Kier alpha value is -3.41. The van der Waals surface area contributed by atoms with E-state index >= 15 is 0 Å². The molecule has 0 bridgehead atoms. The van der Waals surface area contributed by atoms with Gasteiger partial charge in [0.2, 0.25) is 5.91 Å². The molecule has 26 heavy (non-hydrogen) atoms. The van der Waals surface area contributed by atoms with Gasteiger partial charge >= 0.3 is 5.69 Å². The number of carbonyl (C=O) groups excluding carboxylic acids is 1. The minimum Gasteiger partial charge on any atom is -0.304 e. The molecule has 2 heterocycles. The van der Waals surface area contributed by atoms with Gasteiger partial charge in [0.15, 0.2) is 0 Å². The van der Waals surface area contributed by atoms with Crippen molar-refractivity contribution in [2.24, 2.45) is 5.92 Å². The van der Waals surface area contributed by atoms with Gasteiger partial charge in [-0.25, -0.2) is 4.79 Å². The predicted molar refractivity (Wildman–Crippen MR) is 97.9 cm³/mol. The van der Waals surface area contributed by atoms with Crippen LogP contribution in [0.25, 0.3) is 0 Å². The molecule has 1 saturated heterocycles. The van der Waals surface area contributed by atoms with Gasteiger partial charge in [-0.1, -0.05) is 48.5 Å². The van der Waals surface area contributed by atoms with E-state index < -0.39 is 11.2 Å². The summed E-state index contributed by atoms with van der Waals surface area (Å²) in [5, 5.41) is 0. The molecule has 2 atom stereocenters. The molecule has 6 heteroatoms.